The minimum Gasteiger partial charge on any atom is -0.314 e. The Labute approximate surface area is 105 Å². The van der Waals surface area contributed by atoms with E-state index in [0.29, 0.717) is 18.3 Å². The van der Waals surface area contributed by atoms with Gasteiger partial charge in [0.15, 0.2) is 9.84 Å². The molecule has 0 aromatic rings. The number of likely N-dealkylation sites (N-methyl/N-ethyl adjacent to an activating group) is 1. The van der Waals surface area contributed by atoms with Gasteiger partial charge in [-0.15, -0.1) is 0 Å². The smallest absolute Gasteiger partial charge is 0.154 e. The predicted molar refractivity (Wildman–Crippen MR) is 69.9 cm³/mol. The van der Waals surface area contributed by atoms with Crippen LogP contribution in [0.2, 0.25) is 0 Å². The van der Waals surface area contributed by atoms with Gasteiger partial charge < -0.3 is 10.2 Å². The van der Waals surface area contributed by atoms with E-state index in [1.54, 1.807) is 0 Å². The van der Waals surface area contributed by atoms with Crippen LogP contribution < -0.4 is 5.32 Å². The lowest BCUT2D eigenvalue weighted by molar-refractivity contribution is 0.182. The SMILES string of the molecule is CN1CCCCC1CNCC1CCCS1(=O)=O. The number of piperidine rings is 1. The lowest BCUT2D eigenvalue weighted by Gasteiger charge is -2.32. The fraction of sp³-hybridized carbons (Fsp3) is 1.00. The zero-order chi connectivity index (χ0) is 12.3. The van der Waals surface area contributed by atoms with Crippen LogP contribution in [-0.4, -0.2) is 57.0 Å². The van der Waals surface area contributed by atoms with Gasteiger partial charge in [0.1, 0.15) is 0 Å². The van der Waals surface area contributed by atoms with Gasteiger partial charge in [0, 0.05) is 19.1 Å². The number of nitrogens with one attached hydrogen (secondary N) is 1. The van der Waals surface area contributed by atoms with Crippen LogP contribution in [0.1, 0.15) is 32.1 Å². The van der Waals surface area contributed by atoms with Crippen molar-refractivity contribution in [3.63, 3.8) is 0 Å². The summed E-state index contributed by atoms with van der Waals surface area (Å²) in [6.45, 7) is 2.75. The third-order valence-corrected chi connectivity index (χ3v) is 6.41. The van der Waals surface area contributed by atoms with Gasteiger partial charge in [-0.3, -0.25) is 0 Å². The molecular weight excluding hydrogens is 236 g/mol. The quantitative estimate of drug-likeness (QED) is 0.806. The first kappa shape index (κ1) is 13.3. The number of likely N-dealkylation sites (tertiary alicyclic amines) is 1. The van der Waals surface area contributed by atoms with Gasteiger partial charge in [-0.2, -0.15) is 0 Å². The molecule has 2 aliphatic heterocycles. The van der Waals surface area contributed by atoms with Crippen molar-refractivity contribution in [2.75, 3.05) is 32.4 Å². The van der Waals surface area contributed by atoms with E-state index >= 15 is 0 Å². The molecule has 5 heteroatoms. The van der Waals surface area contributed by atoms with Gasteiger partial charge in [0.05, 0.1) is 11.0 Å². The van der Waals surface area contributed by atoms with Crippen LogP contribution in [0.25, 0.3) is 0 Å². The van der Waals surface area contributed by atoms with Crippen molar-refractivity contribution in [2.24, 2.45) is 0 Å². The molecule has 0 aliphatic carbocycles. The van der Waals surface area contributed by atoms with Crippen LogP contribution in [-0.2, 0) is 9.84 Å². The molecule has 1 N–H and O–H groups in total. The Hall–Kier alpha value is -0.130. The molecule has 2 heterocycles. The molecule has 2 rings (SSSR count). The molecular formula is C12H24N2O2S. The second-order valence-electron chi connectivity index (χ2n) is 5.42. The van der Waals surface area contributed by atoms with E-state index in [2.05, 4.69) is 17.3 Å². The summed E-state index contributed by atoms with van der Waals surface area (Å²) in [4.78, 5) is 2.39. The highest BCUT2D eigenvalue weighted by atomic mass is 32.2. The van der Waals surface area contributed by atoms with Crippen molar-refractivity contribution in [1.29, 1.82) is 0 Å². The molecule has 100 valence electrons. The second kappa shape index (κ2) is 5.67. The molecule has 2 aliphatic rings. The van der Waals surface area contributed by atoms with Crippen molar-refractivity contribution < 1.29 is 8.42 Å². The summed E-state index contributed by atoms with van der Waals surface area (Å²) >= 11 is 0. The third-order valence-electron chi connectivity index (χ3n) is 4.14. The molecule has 0 radical (unpaired) electrons. The van der Waals surface area contributed by atoms with Crippen molar-refractivity contribution in [2.45, 2.75) is 43.4 Å². The Bertz CT molecular complexity index is 342. The summed E-state index contributed by atoms with van der Waals surface area (Å²) in [7, 11) is -0.615. The van der Waals surface area contributed by atoms with E-state index in [0.717, 1.165) is 19.4 Å². The first-order chi connectivity index (χ1) is 8.09. The van der Waals surface area contributed by atoms with Crippen LogP contribution in [0.4, 0.5) is 0 Å². The highest BCUT2D eigenvalue weighted by Crippen LogP contribution is 2.19. The number of hydrogen-bond acceptors (Lipinski definition) is 4. The minimum atomic E-state index is -2.78. The molecule has 2 saturated heterocycles. The first-order valence-electron chi connectivity index (χ1n) is 6.72. The Kier molecular flexibility index (Phi) is 4.44. The highest BCUT2D eigenvalue weighted by molar-refractivity contribution is 7.92. The van der Waals surface area contributed by atoms with Gasteiger partial charge in [-0.05, 0) is 39.3 Å². The minimum absolute atomic E-state index is 0.128. The van der Waals surface area contributed by atoms with E-state index in [-0.39, 0.29) is 5.25 Å². The molecule has 0 spiro atoms. The predicted octanol–water partition coefficient (Wildman–Crippen LogP) is 0.638. The second-order valence-corrected chi connectivity index (χ2v) is 7.82. The summed E-state index contributed by atoms with van der Waals surface area (Å²) in [6.07, 6.45) is 5.52. The summed E-state index contributed by atoms with van der Waals surface area (Å²) in [5, 5.41) is 3.23. The van der Waals surface area contributed by atoms with Crippen LogP contribution in [0.5, 0.6) is 0 Å². The molecule has 0 bridgehead atoms. The maximum absolute atomic E-state index is 11.7. The summed E-state index contributed by atoms with van der Waals surface area (Å²) in [5.74, 6) is 0.392. The Morgan fingerprint density at radius 3 is 2.65 bits per heavy atom. The van der Waals surface area contributed by atoms with Crippen LogP contribution >= 0.6 is 0 Å². The number of rotatable bonds is 4. The molecule has 2 unspecified atom stereocenters. The van der Waals surface area contributed by atoms with Crippen molar-refractivity contribution in [1.82, 2.24) is 10.2 Å². The normalized spacial score (nSPS) is 33.9. The van der Waals surface area contributed by atoms with E-state index in [9.17, 15) is 8.42 Å². The van der Waals surface area contributed by atoms with Crippen molar-refractivity contribution in [3.8, 4) is 0 Å². The van der Waals surface area contributed by atoms with Crippen LogP contribution in [0, 0.1) is 0 Å². The first-order valence-corrected chi connectivity index (χ1v) is 8.43. The Morgan fingerprint density at radius 1 is 1.18 bits per heavy atom. The van der Waals surface area contributed by atoms with Gasteiger partial charge in [-0.1, -0.05) is 6.42 Å². The van der Waals surface area contributed by atoms with Crippen LogP contribution in [0.15, 0.2) is 0 Å². The molecule has 0 aromatic carbocycles. The zero-order valence-electron chi connectivity index (χ0n) is 10.7. The largest absolute Gasteiger partial charge is 0.314 e. The van der Waals surface area contributed by atoms with E-state index < -0.39 is 9.84 Å². The molecule has 4 nitrogen and oxygen atoms in total. The summed E-state index contributed by atoms with van der Waals surface area (Å²) in [5.41, 5.74) is 0. The molecule has 0 saturated carbocycles. The third kappa shape index (κ3) is 3.42. The van der Waals surface area contributed by atoms with Crippen LogP contribution in [0.3, 0.4) is 0 Å². The summed E-state index contributed by atoms with van der Waals surface area (Å²) < 4.78 is 23.3. The lowest BCUT2D eigenvalue weighted by atomic mass is 10.0. The Balaban J connectivity index is 1.72. The Morgan fingerprint density at radius 2 is 2.00 bits per heavy atom. The van der Waals surface area contributed by atoms with E-state index in [1.165, 1.54) is 25.8 Å². The molecule has 0 aromatic heterocycles. The average Bonchev–Trinajstić information content (AvgIpc) is 2.61. The lowest BCUT2D eigenvalue weighted by Crippen LogP contribution is -2.44. The molecule has 2 atom stereocenters. The summed E-state index contributed by atoms with van der Waals surface area (Å²) in [6, 6.07) is 0.591. The van der Waals surface area contributed by atoms with Gasteiger partial charge in [0.25, 0.3) is 0 Å². The monoisotopic (exact) mass is 260 g/mol. The van der Waals surface area contributed by atoms with E-state index in [4.69, 9.17) is 0 Å². The fourth-order valence-electron chi connectivity index (χ4n) is 2.90. The highest BCUT2D eigenvalue weighted by Gasteiger charge is 2.31. The molecule has 17 heavy (non-hydrogen) atoms. The van der Waals surface area contributed by atoms with Crippen molar-refractivity contribution in [3.05, 3.63) is 0 Å². The average molecular weight is 260 g/mol. The maximum atomic E-state index is 11.7. The standard InChI is InChI=1S/C12H24N2O2S/c1-14-7-3-2-5-11(14)9-13-10-12-6-4-8-17(12,15)16/h11-13H,2-10H2,1H3. The molecule has 0 amide bonds. The topological polar surface area (TPSA) is 49.4 Å². The zero-order valence-corrected chi connectivity index (χ0v) is 11.5. The number of sulfone groups is 1. The number of nitrogens with zero attached hydrogens (tertiary/aromatic N) is 1. The van der Waals surface area contributed by atoms with Gasteiger partial charge >= 0.3 is 0 Å². The van der Waals surface area contributed by atoms with Crippen molar-refractivity contribution >= 4 is 9.84 Å². The van der Waals surface area contributed by atoms with Gasteiger partial charge in [0.2, 0.25) is 0 Å². The van der Waals surface area contributed by atoms with E-state index in [1.807, 2.05) is 0 Å². The molecule has 2 fully saturated rings. The number of hydrogen-bond donors (Lipinski definition) is 1. The maximum Gasteiger partial charge on any atom is 0.154 e. The van der Waals surface area contributed by atoms with Gasteiger partial charge in [-0.25, -0.2) is 8.42 Å². The fourth-order valence-corrected chi connectivity index (χ4v) is 4.70.